The van der Waals surface area contributed by atoms with E-state index < -0.39 is 0 Å². The van der Waals surface area contributed by atoms with Crippen LogP contribution in [0.3, 0.4) is 0 Å². The number of methoxy groups -OCH3 is 1. The molecule has 1 atom stereocenters. The fraction of sp³-hybridized carbons (Fsp3) is 0.455. The van der Waals surface area contributed by atoms with Crippen LogP contribution in [0.1, 0.15) is 5.56 Å². The first kappa shape index (κ1) is 12.4. The molecule has 0 fully saturated rings. The van der Waals surface area contributed by atoms with Crippen molar-refractivity contribution < 1.29 is 9.13 Å². The first-order valence-corrected chi connectivity index (χ1v) is 5.16. The zero-order chi connectivity index (χ0) is 11.3. The third kappa shape index (κ3) is 3.45. The molecule has 84 valence electrons. The molecule has 0 aliphatic carbocycles. The Bertz CT molecular complexity index is 319. The standard InChI is InChI=1S/C11H15ClFNO/c1-14-9(7-15-2)6-8-4-3-5-10(13)11(8)12/h3-5,9,14H,6-7H2,1-2H3. The van der Waals surface area contributed by atoms with Gasteiger partial charge in [0.2, 0.25) is 0 Å². The molecule has 0 bridgehead atoms. The van der Waals surface area contributed by atoms with Crippen LogP contribution >= 0.6 is 11.6 Å². The highest BCUT2D eigenvalue weighted by molar-refractivity contribution is 6.31. The van der Waals surface area contributed by atoms with Gasteiger partial charge >= 0.3 is 0 Å². The highest BCUT2D eigenvalue weighted by atomic mass is 35.5. The van der Waals surface area contributed by atoms with Crippen LogP contribution in [0, 0.1) is 5.82 Å². The van der Waals surface area contributed by atoms with Crippen molar-refractivity contribution in [1.82, 2.24) is 5.32 Å². The molecule has 0 aliphatic heterocycles. The zero-order valence-corrected chi connectivity index (χ0v) is 9.64. The number of nitrogens with one attached hydrogen (secondary N) is 1. The lowest BCUT2D eigenvalue weighted by atomic mass is 10.1. The van der Waals surface area contributed by atoms with Crippen LogP contribution in [0.2, 0.25) is 5.02 Å². The summed E-state index contributed by atoms with van der Waals surface area (Å²) < 4.78 is 18.2. The third-order valence-electron chi connectivity index (χ3n) is 2.27. The maximum atomic E-state index is 13.1. The monoisotopic (exact) mass is 231 g/mol. The highest BCUT2D eigenvalue weighted by Crippen LogP contribution is 2.20. The van der Waals surface area contributed by atoms with Gasteiger partial charge in [0.05, 0.1) is 11.6 Å². The Morgan fingerprint density at radius 2 is 2.27 bits per heavy atom. The van der Waals surface area contributed by atoms with E-state index >= 15 is 0 Å². The van der Waals surface area contributed by atoms with Crippen LogP contribution in [-0.4, -0.2) is 26.8 Å². The Kier molecular flexibility index (Phi) is 5.02. The molecule has 0 aliphatic rings. The van der Waals surface area contributed by atoms with Crippen molar-refractivity contribution >= 4 is 11.6 Å². The summed E-state index contributed by atoms with van der Waals surface area (Å²) in [6, 6.07) is 4.99. The van der Waals surface area contributed by atoms with E-state index in [1.54, 1.807) is 13.2 Å². The first-order chi connectivity index (χ1) is 7.19. The van der Waals surface area contributed by atoms with Crippen molar-refractivity contribution in [3.8, 4) is 0 Å². The van der Waals surface area contributed by atoms with Gasteiger partial charge in [0.25, 0.3) is 0 Å². The van der Waals surface area contributed by atoms with Crippen molar-refractivity contribution in [1.29, 1.82) is 0 Å². The number of likely N-dealkylation sites (N-methyl/N-ethyl adjacent to an activating group) is 1. The number of hydrogen-bond acceptors (Lipinski definition) is 2. The minimum Gasteiger partial charge on any atom is -0.383 e. The summed E-state index contributed by atoms with van der Waals surface area (Å²) in [5.74, 6) is -0.374. The lowest BCUT2D eigenvalue weighted by molar-refractivity contribution is 0.169. The molecule has 1 unspecified atom stereocenters. The Morgan fingerprint density at radius 3 is 2.87 bits per heavy atom. The smallest absolute Gasteiger partial charge is 0.142 e. The Labute approximate surface area is 94.4 Å². The fourth-order valence-electron chi connectivity index (χ4n) is 1.42. The molecule has 15 heavy (non-hydrogen) atoms. The second kappa shape index (κ2) is 6.05. The molecular formula is C11H15ClFNO. The molecule has 2 nitrogen and oxygen atoms in total. The maximum absolute atomic E-state index is 13.1. The minimum atomic E-state index is -0.374. The van der Waals surface area contributed by atoms with Crippen molar-refractivity contribution in [2.45, 2.75) is 12.5 Å². The van der Waals surface area contributed by atoms with Gasteiger partial charge in [0.1, 0.15) is 5.82 Å². The van der Waals surface area contributed by atoms with E-state index in [0.29, 0.717) is 13.0 Å². The van der Waals surface area contributed by atoms with Gasteiger partial charge in [0.15, 0.2) is 0 Å². The summed E-state index contributed by atoms with van der Waals surface area (Å²) >= 11 is 5.85. The summed E-state index contributed by atoms with van der Waals surface area (Å²) in [6.07, 6.45) is 0.654. The summed E-state index contributed by atoms with van der Waals surface area (Å²) in [6.45, 7) is 0.573. The highest BCUT2D eigenvalue weighted by Gasteiger charge is 2.11. The molecule has 0 saturated carbocycles. The van der Waals surface area contributed by atoms with Gasteiger partial charge in [-0.1, -0.05) is 23.7 Å². The average molecular weight is 232 g/mol. The predicted molar refractivity (Wildman–Crippen MR) is 59.8 cm³/mol. The summed E-state index contributed by atoms with van der Waals surface area (Å²) in [5.41, 5.74) is 0.799. The number of halogens is 2. The lowest BCUT2D eigenvalue weighted by Gasteiger charge is -2.15. The molecule has 0 amide bonds. The van der Waals surface area contributed by atoms with Crippen LogP contribution < -0.4 is 5.32 Å². The van der Waals surface area contributed by atoms with Crippen molar-refractivity contribution in [3.63, 3.8) is 0 Å². The van der Waals surface area contributed by atoms with E-state index in [2.05, 4.69) is 5.32 Å². The van der Waals surface area contributed by atoms with E-state index in [1.807, 2.05) is 13.1 Å². The quantitative estimate of drug-likeness (QED) is 0.840. The molecule has 0 spiro atoms. The largest absolute Gasteiger partial charge is 0.383 e. The fourth-order valence-corrected chi connectivity index (χ4v) is 1.62. The third-order valence-corrected chi connectivity index (χ3v) is 2.70. The number of ether oxygens (including phenoxy) is 1. The second-order valence-corrected chi connectivity index (χ2v) is 3.74. The van der Waals surface area contributed by atoms with E-state index in [9.17, 15) is 4.39 Å². The Hall–Kier alpha value is -0.640. The van der Waals surface area contributed by atoms with Crippen LogP contribution in [0.15, 0.2) is 18.2 Å². The molecule has 4 heteroatoms. The lowest BCUT2D eigenvalue weighted by Crippen LogP contribution is -2.32. The molecule has 0 heterocycles. The van der Waals surface area contributed by atoms with Gasteiger partial charge in [-0.15, -0.1) is 0 Å². The second-order valence-electron chi connectivity index (χ2n) is 3.36. The normalized spacial score (nSPS) is 12.8. The summed E-state index contributed by atoms with van der Waals surface area (Å²) in [5, 5.41) is 3.29. The molecule has 1 aromatic carbocycles. The van der Waals surface area contributed by atoms with E-state index in [-0.39, 0.29) is 16.9 Å². The van der Waals surface area contributed by atoms with Gasteiger partial charge < -0.3 is 10.1 Å². The van der Waals surface area contributed by atoms with Crippen LogP contribution in [0.5, 0.6) is 0 Å². The van der Waals surface area contributed by atoms with Crippen LogP contribution in [0.25, 0.3) is 0 Å². The van der Waals surface area contributed by atoms with E-state index in [0.717, 1.165) is 5.56 Å². The Morgan fingerprint density at radius 1 is 1.53 bits per heavy atom. The van der Waals surface area contributed by atoms with Crippen molar-refractivity contribution in [2.24, 2.45) is 0 Å². The average Bonchev–Trinajstić information content (AvgIpc) is 2.24. The number of rotatable bonds is 5. The van der Waals surface area contributed by atoms with E-state index in [1.165, 1.54) is 6.07 Å². The van der Waals surface area contributed by atoms with Gasteiger partial charge in [-0.3, -0.25) is 0 Å². The summed E-state index contributed by atoms with van der Waals surface area (Å²) in [7, 11) is 3.48. The molecule has 1 N–H and O–H groups in total. The zero-order valence-electron chi connectivity index (χ0n) is 8.89. The van der Waals surface area contributed by atoms with Gasteiger partial charge in [-0.05, 0) is 25.1 Å². The number of hydrogen-bond donors (Lipinski definition) is 1. The Balaban J connectivity index is 2.74. The molecule has 0 radical (unpaired) electrons. The van der Waals surface area contributed by atoms with Crippen molar-refractivity contribution in [2.75, 3.05) is 20.8 Å². The van der Waals surface area contributed by atoms with E-state index in [4.69, 9.17) is 16.3 Å². The molecule has 1 rings (SSSR count). The van der Waals surface area contributed by atoms with Gasteiger partial charge in [-0.25, -0.2) is 4.39 Å². The SMILES string of the molecule is CNC(COC)Cc1cccc(F)c1Cl. The topological polar surface area (TPSA) is 21.3 Å². The molecular weight excluding hydrogens is 217 g/mol. The maximum Gasteiger partial charge on any atom is 0.142 e. The van der Waals surface area contributed by atoms with Crippen molar-refractivity contribution in [3.05, 3.63) is 34.6 Å². The molecule has 0 saturated heterocycles. The minimum absolute atomic E-state index is 0.147. The molecule has 0 aromatic heterocycles. The molecule has 1 aromatic rings. The summed E-state index contributed by atoms with van der Waals surface area (Å²) in [4.78, 5) is 0. The van der Waals surface area contributed by atoms with Crippen LogP contribution in [0.4, 0.5) is 4.39 Å². The van der Waals surface area contributed by atoms with Crippen LogP contribution in [-0.2, 0) is 11.2 Å². The predicted octanol–water partition coefficient (Wildman–Crippen LogP) is 2.26. The number of benzene rings is 1. The van der Waals surface area contributed by atoms with Gasteiger partial charge in [-0.2, -0.15) is 0 Å². The van der Waals surface area contributed by atoms with Gasteiger partial charge in [0, 0.05) is 13.2 Å². The first-order valence-electron chi connectivity index (χ1n) is 4.78.